The van der Waals surface area contributed by atoms with Gasteiger partial charge in [0.25, 0.3) is 0 Å². The number of hydrogen-bond acceptors (Lipinski definition) is 2. The Morgan fingerprint density at radius 1 is 1.39 bits per heavy atom. The predicted octanol–water partition coefficient (Wildman–Crippen LogP) is 3.13. The third-order valence-corrected chi connectivity index (χ3v) is 2.85. The van der Waals surface area contributed by atoms with Gasteiger partial charge in [0.15, 0.2) is 0 Å². The van der Waals surface area contributed by atoms with Crippen LogP contribution in [0.2, 0.25) is 0 Å². The van der Waals surface area contributed by atoms with E-state index in [1.54, 1.807) is 17.6 Å². The molecule has 98 valence electrons. The monoisotopic (exact) mass is 258 g/mol. The van der Waals surface area contributed by atoms with Gasteiger partial charge >= 0.3 is 6.18 Å². The lowest BCUT2D eigenvalue weighted by atomic mass is 10.2. The highest BCUT2D eigenvalue weighted by molar-refractivity contribution is 5.81. The number of aromatic nitrogens is 2. The van der Waals surface area contributed by atoms with E-state index >= 15 is 0 Å². The summed E-state index contributed by atoms with van der Waals surface area (Å²) in [5.74, 6) is 0. The van der Waals surface area contributed by atoms with Crippen molar-refractivity contribution in [2.75, 3.05) is 0 Å². The van der Waals surface area contributed by atoms with Crippen LogP contribution in [0.25, 0.3) is 10.9 Å². The Bertz CT molecular complexity index is 572. The van der Waals surface area contributed by atoms with E-state index in [1.165, 1.54) is 6.20 Å². The summed E-state index contributed by atoms with van der Waals surface area (Å²) in [6.45, 7) is 3.89. The maximum atomic E-state index is 12.6. The lowest BCUT2D eigenvalue weighted by Gasteiger charge is -2.10. The standard InChI is InChI=1S/C12H13F3N2O/c1-3-17-9(7(2)18)4-8-6-16-11(5-10(8)17)12(13,14)15/h4-7,18H,3H2,1-2H3. The Morgan fingerprint density at radius 2 is 2.06 bits per heavy atom. The highest BCUT2D eigenvalue weighted by Gasteiger charge is 2.33. The molecular formula is C12H13F3N2O. The number of aliphatic hydroxyl groups is 1. The number of fused-ring (bicyclic) bond motifs is 1. The minimum atomic E-state index is -4.46. The zero-order valence-electron chi connectivity index (χ0n) is 9.99. The van der Waals surface area contributed by atoms with Crippen LogP contribution in [0.5, 0.6) is 0 Å². The zero-order valence-corrected chi connectivity index (χ0v) is 9.99. The molecule has 6 heteroatoms. The maximum absolute atomic E-state index is 12.6. The summed E-state index contributed by atoms with van der Waals surface area (Å²) in [4.78, 5) is 3.41. The van der Waals surface area contributed by atoms with E-state index in [4.69, 9.17) is 0 Å². The second-order valence-corrected chi connectivity index (χ2v) is 4.12. The smallest absolute Gasteiger partial charge is 0.387 e. The third-order valence-electron chi connectivity index (χ3n) is 2.85. The van der Waals surface area contributed by atoms with E-state index in [-0.39, 0.29) is 0 Å². The van der Waals surface area contributed by atoms with E-state index in [0.717, 1.165) is 6.07 Å². The van der Waals surface area contributed by atoms with E-state index in [1.807, 2.05) is 6.92 Å². The molecule has 0 aliphatic heterocycles. The first-order valence-electron chi connectivity index (χ1n) is 5.59. The summed E-state index contributed by atoms with van der Waals surface area (Å²) < 4.78 is 39.5. The van der Waals surface area contributed by atoms with Gasteiger partial charge in [0.1, 0.15) is 5.69 Å². The highest BCUT2D eigenvalue weighted by atomic mass is 19.4. The molecule has 2 rings (SSSR count). The minimum Gasteiger partial charge on any atom is -0.387 e. The van der Waals surface area contributed by atoms with Crippen molar-refractivity contribution in [1.29, 1.82) is 0 Å². The van der Waals surface area contributed by atoms with E-state index < -0.39 is 18.0 Å². The second kappa shape index (κ2) is 4.28. The molecule has 3 nitrogen and oxygen atoms in total. The third kappa shape index (κ3) is 2.08. The number of pyridine rings is 1. The molecule has 0 saturated heterocycles. The average molecular weight is 258 g/mol. The Balaban J connectivity index is 2.68. The first-order chi connectivity index (χ1) is 8.34. The van der Waals surface area contributed by atoms with Crippen molar-refractivity contribution in [3.63, 3.8) is 0 Å². The SMILES string of the molecule is CCn1c(C(C)O)cc2cnc(C(F)(F)F)cc21. The number of halogens is 3. The normalized spacial score (nSPS) is 14.1. The average Bonchev–Trinajstić information content (AvgIpc) is 2.65. The molecular weight excluding hydrogens is 245 g/mol. The zero-order chi connectivity index (χ0) is 13.5. The fourth-order valence-corrected chi connectivity index (χ4v) is 2.03. The second-order valence-electron chi connectivity index (χ2n) is 4.12. The van der Waals surface area contributed by atoms with Gasteiger partial charge in [-0.15, -0.1) is 0 Å². The lowest BCUT2D eigenvalue weighted by molar-refractivity contribution is -0.141. The fourth-order valence-electron chi connectivity index (χ4n) is 2.03. The molecule has 0 bridgehead atoms. The Labute approximate surface area is 102 Å². The molecule has 0 saturated carbocycles. The molecule has 0 fully saturated rings. The number of nitrogens with zero attached hydrogens (tertiary/aromatic N) is 2. The van der Waals surface area contributed by atoms with Crippen molar-refractivity contribution in [2.24, 2.45) is 0 Å². The van der Waals surface area contributed by atoms with E-state index in [9.17, 15) is 18.3 Å². The van der Waals surface area contributed by atoms with Gasteiger partial charge in [-0.1, -0.05) is 0 Å². The van der Waals surface area contributed by atoms with E-state index in [0.29, 0.717) is 23.1 Å². The van der Waals surface area contributed by atoms with Crippen molar-refractivity contribution in [3.8, 4) is 0 Å². The summed E-state index contributed by atoms with van der Waals surface area (Å²) in [6, 6.07) is 2.68. The quantitative estimate of drug-likeness (QED) is 0.898. The summed E-state index contributed by atoms with van der Waals surface area (Å²) >= 11 is 0. The molecule has 2 heterocycles. The van der Waals surface area contributed by atoms with Crippen molar-refractivity contribution in [3.05, 3.63) is 29.7 Å². The number of aliphatic hydroxyl groups excluding tert-OH is 1. The number of aryl methyl sites for hydroxylation is 1. The molecule has 1 N–H and O–H groups in total. The largest absolute Gasteiger partial charge is 0.433 e. The fraction of sp³-hybridized carbons (Fsp3) is 0.417. The maximum Gasteiger partial charge on any atom is 0.433 e. The molecule has 2 aromatic heterocycles. The van der Waals surface area contributed by atoms with Gasteiger partial charge in [0.05, 0.1) is 11.6 Å². The van der Waals surface area contributed by atoms with Crippen molar-refractivity contribution >= 4 is 10.9 Å². The van der Waals surface area contributed by atoms with Crippen LogP contribution < -0.4 is 0 Å². The summed E-state index contributed by atoms with van der Waals surface area (Å²) in [6.07, 6.45) is -4.00. The molecule has 2 aromatic rings. The van der Waals surface area contributed by atoms with Crippen LogP contribution in [0.1, 0.15) is 31.3 Å². The molecule has 0 radical (unpaired) electrons. The number of alkyl halides is 3. The van der Waals surface area contributed by atoms with Crippen LogP contribution in [-0.2, 0) is 12.7 Å². The lowest BCUT2D eigenvalue weighted by Crippen LogP contribution is -2.08. The summed E-state index contributed by atoms with van der Waals surface area (Å²) in [5.41, 5.74) is 0.115. The molecule has 0 aromatic carbocycles. The van der Waals surface area contributed by atoms with Crippen LogP contribution in [0, 0.1) is 0 Å². The first-order valence-corrected chi connectivity index (χ1v) is 5.59. The van der Waals surface area contributed by atoms with Gasteiger partial charge < -0.3 is 9.67 Å². The molecule has 1 unspecified atom stereocenters. The van der Waals surface area contributed by atoms with Crippen molar-refractivity contribution in [2.45, 2.75) is 32.7 Å². The molecule has 1 atom stereocenters. The molecule has 0 amide bonds. The topological polar surface area (TPSA) is 38.0 Å². The first kappa shape index (κ1) is 12.9. The van der Waals surface area contributed by atoms with Crippen LogP contribution in [-0.4, -0.2) is 14.7 Å². The van der Waals surface area contributed by atoms with Gasteiger partial charge in [-0.2, -0.15) is 13.2 Å². The molecule has 18 heavy (non-hydrogen) atoms. The highest BCUT2D eigenvalue weighted by Crippen LogP contribution is 2.31. The van der Waals surface area contributed by atoms with Gasteiger partial charge in [0.2, 0.25) is 0 Å². The molecule has 0 aliphatic carbocycles. The van der Waals surface area contributed by atoms with Crippen LogP contribution in [0.4, 0.5) is 13.2 Å². The van der Waals surface area contributed by atoms with Crippen molar-refractivity contribution < 1.29 is 18.3 Å². The van der Waals surface area contributed by atoms with Gasteiger partial charge in [-0.3, -0.25) is 4.98 Å². The summed E-state index contributed by atoms with van der Waals surface area (Å²) in [5, 5.41) is 10.2. The van der Waals surface area contributed by atoms with Crippen molar-refractivity contribution in [1.82, 2.24) is 9.55 Å². The number of rotatable bonds is 2. The van der Waals surface area contributed by atoms with Crippen LogP contribution in [0.3, 0.4) is 0 Å². The van der Waals surface area contributed by atoms with Crippen LogP contribution >= 0.6 is 0 Å². The Morgan fingerprint density at radius 3 is 2.56 bits per heavy atom. The minimum absolute atomic E-state index is 0.440. The van der Waals surface area contributed by atoms with Gasteiger partial charge in [-0.25, -0.2) is 0 Å². The Kier molecular flexibility index (Phi) is 3.06. The predicted molar refractivity (Wildman–Crippen MR) is 61.0 cm³/mol. The van der Waals surface area contributed by atoms with Gasteiger partial charge in [-0.05, 0) is 26.0 Å². The molecule has 0 aliphatic rings. The van der Waals surface area contributed by atoms with Gasteiger partial charge in [0, 0.05) is 23.8 Å². The number of hydrogen-bond donors (Lipinski definition) is 1. The summed E-state index contributed by atoms with van der Waals surface area (Å²) in [7, 11) is 0. The van der Waals surface area contributed by atoms with E-state index in [2.05, 4.69) is 4.98 Å². The Hall–Kier alpha value is -1.56. The molecule has 0 spiro atoms. The van der Waals surface area contributed by atoms with Crippen LogP contribution in [0.15, 0.2) is 18.3 Å².